The summed E-state index contributed by atoms with van der Waals surface area (Å²) in [6.07, 6.45) is 4.83. The Morgan fingerprint density at radius 1 is 1.33 bits per heavy atom. The van der Waals surface area contributed by atoms with Crippen LogP contribution in [0.5, 0.6) is 5.75 Å². The van der Waals surface area contributed by atoms with Crippen LogP contribution >= 0.6 is 0 Å². The van der Waals surface area contributed by atoms with Gasteiger partial charge in [0.2, 0.25) is 0 Å². The maximum atomic E-state index is 13.5. The quantitative estimate of drug-likeness (QED) is 0.846. The highest BCUT2D eigenvalue weighted by Crippen LogP contribution is 2.22. The van der Waals surface area contributed by atoms with Crippen LogP contribution in [0.2, 0.25) is 0 Å². The number of ether oxygens (including phenoxy) is 1. The smallest absolute Gasteiger partial charge is 0.274 e. The third-order valence-corrected chi connectivity index (χ3v) is 4.19. The monoisotopic (exact) mass is 329 g/mol. The number of aromatic nitrogens is 2. The molecule has 24 heavy (non-hydrogen) atoms. The summed E-state index contributed by atoms with van der Waals surface area (Å²) < 4.78 is 19.0. The molecule has 0 bridgehead atoms. The van der Waals surface area contributed by atoms with Crippen molar-refractivity contribution in [2.24, 2.45) is 5.92 Å². The van der Waals surface area contributed by atoms with E-state index in [1.165, 1.54) is 12.3 Å². The standard InChI is InChI=1S/C18H20FN3O2/c1-13-10-21-16(11-20-13)18(23)22-8-6-14(12-22)7-9-24-17-5-3-2-4-15(17)19/h2-5,10-11,14H,6-9,12H2,1H3. The molecule has 0 spiro atoms. The van der Waals surface area contributed by atoms with Crippen molar-refractivity contribution in [1.29, 1.82) is 0 Å². The fourth-order valence-electron chi connectivity index (χ4n) is 2.82. The number of hydrogen-bond acceptors (Lipinski definition) is 4. The lowest BCUT2D eigenvalue weighted by Crippen LogP contribution is -2.29. The van der Waals surface area contributed by atoms with E-state index in [1.807, 2.05) is 6.92 Å². The number of hydrogen-bond donors (Lipinski definition) is 0. The molecule has 2 aromatic rings. The predicted octanol–water partition coefficient (Wildman–Crippen LogP) is 2.86. The molecule has 1 amide bonds. The molecule has 6 heteroatoms. The second-order valence-corrected chi connectivity index (χ2v) is 6.02. The number of aryl methyl sites for hydroxylation is 1. The van der Waals surface area contributed by atoms with Gasteiger partial charge in [-0.15, -0.1) is 0 Å². The van der Waals surface area contributed by atoms with E-state index in [0.717, 1.165) is 18.5 Å². The molecule has 0 N–H and O–H groups in total. The summed E-state index contributed by atoms with van der Waals surface area (Å²) in [6, 6.07) is 6.39. The normalized spacial score (nSPS) is 17.1. The van der Waals surface area contributed by atoms with E-state index in [9.17, 15) is 9.18 Å². The van der Waals surface area contributed by atoms with Gasteiger partial charge >= 0.3 is 0 Å². The molecule has 126 valence electrons. The zero-order chi connectivity index (χ0) is 16.9. The van der Waals surface area contributed by atoms with Gasteiger partial charge in [0.1, 0.15) is 5.69 Å². The van der Waals surface area contributed by atoms with Crippen LogP contribution in [-0.2, 0) is 0 Å². The number of halogens is 1. The number of benzene rings is 1. The number of carbonyl (C=O) groups is 1. The largest absolute Gasteiger partial charge is 0.491 e. The van der Waals surface area contributed by atoms with Crippen LogP contribution in [0.1, 0.15) is 29.0 Å². The first-order valence-corrected chi connectivity index (χ1v) is 8.09. The SMILES string of the molecule is Cc1cnc(C(=O)N2CCC(CCOc3ccccc3F)C2)cn1. The van der Waals surface area contributed by atoms with Crippen molar-refractivity contribution < 1.29 is 13.9 Å². The highest BCUT2D eigenvalue weighted by molar-refractivity contribution is 5.92. The van der Waals surface area contributed by atoms with Gasteiger partial charge in [-0.3, -0.25) is 9.78 Å². The summed E-state index contributed by atoms with van der Waals surface area (Å²) in [5, 5.41) is 0. The Bertz CT molecular complexity index is 706. The first kappa shape index (κ1) is 16.4. The number of carbonyl (C=O) groups excluding carboxylic acids is 1. The molecule has 0 saturated carbocycles. The minimum absolute atomic E-state index is 0.0833. The Morgan fingerprint density at radius 3 is 2.92 bits per heavy atom. The van der Waals surface area contributed by atoms with Gasteiger partial charge in [-0.05, 0) is 37.8 Å². The Kier molecular flexibility index (Phi) is 5.03. The Balaban J connectivity index is 1.48. The second-order valence-electron chi connectivity index (χ2n) is 6.02. The predicted molar refractivity (Wildman–Crippen MR) is 87.3 cm³/mol. The minimum Gasteiger partial charge on any atom is -0.491 e. The van der Waals surface area contributed by atoms with Crippen molar-refractivity contribution in [1.82, 2.24) is 14.9 Å². The lowest BCUT2D eigenvalue weighted by molar-refractivity contribution is 0.0779. The number of likely N-dealkylation sites (tertiary alicyclic amines) is 1. The zero-order valence-corrected chi connectivity index (χ0v) is 13.6. The van der Waals surface area contributed by atoms with Gasteiger partial charge in [-0.25, -0.2) is 9.37 Å². The maximum Gasteiger partial charge on any atom is 0.274 e. The van der Waals surface area contributed by atoms with Crippen molar-refractivity contribution >= 4 is 5.91 Å². The Hall–Kier alpha value is -2.50. The molecule has 0 radical (unpaired) electrons. The third-order valence-electron chi connectivity index (χ3n) is 4.19. The number of rotatable bonds is 5. The van der Waals surface area contributed by atoms with Gasteiger partial charge in [0.05, 0.1) is 18.5 Å². The first-order valence-electron chi connectivity index (χ1n) is 8.09. The summed E-state index contributed by atoms with van der Waals surface area (Å²) in [5.41, 5.74) is 1.17. The lowest BCUT2D eigenvalue weighted by atomic mass is 10.1. The van der Waals surface area contributed by atoms with Crippen LogP contribution in [0.15, 0.2) is 36.7 Å². The molecule has 1 fully saturated rings. The summed E-state index contributed by atoms with van der Waals surface area (Å²) in [7, 11) is 0. The average Bonchev–Trinajstić information content (AvgIpc) is 3.05. The second kappa shape index (κ2) is 7.38. The van der Waals surface area contributed by atoms with Crippen molar-refractivity contribution in [3.8, 4) is 5.75 Å². The topological polar surface area (TPSA) is 55.3 Å². The van der Waals surface area contributed by atoms with Crippen LogP contribution in [0.3, 0.4) is 0 Å². The van der Waals surface area contributed by atoms with E-state index in [4.69, 9.17) is 4.74 Å². The van der Waals surface area contributed by atoms with Crippen LogP contribution < -0.4 is 4.74 Å². The van der Waals surface area contributed by atoms with Crippen LogP contribution in [-0.4, -0.2) is 40.5 Å². The Morgan fingerprint density at radius 2 is 2.17 bits per heavy atom. The zero-order valence-electron chi connectivity index (χ0n) is 13.6. The molecule has 1 saturated heterocycles. The van der Waals surface area contributed by atoms with Crippen LogP contribution in [0, 0.1) is 18.7 Å². The van der Waals surface area contributed by atoms with Gasteiger partial charge < -0.3 is 9.64 Å². The minimum atomic E-state index is -0.348. The molecule has 2 heterocycles. The molecule has 1 aliphatic rings. The van der Waals surface area contributed by atoms with Crippen molar-refractivity contribution in [3.05, 3.63) is 53.9 Å². The van der Waals surface area contributed by atoms with E-state index >= 15 is 0 Å². The molecule has 5 nitrogen and oxygen atoms in total. The van der Waals surface area contributed by atoms with Gasteiger partial charge in [0.15, 0.2) is 11.6 Å². The van der Waals surface area contributed by atoms with Gasteiger partial charge in [-0.1, -0.05) is 12.1 Å². The fraction of sp³-hybridized carbons (Fsp3) is 0.389. The van der Waals surface area contributed by atoms with E-state index in [2.05, 4.69) is 9.97 Å². The van der Waals surface area contributed by atoms with Gasteiger partial charge in [0, 0.05) is 19.3 Å². The van der Waals surface area contributed by atoms with Crippen molar-refractivity contribution in [3.63, 3.8) is 0 Å². The van der Waals surface area contributed by atoms with E-state index < -0.39 is 0 Å². The highest BCUT2D eigenvalue weighted by atomic mass is 19.1. The molecule has 0 aliphatic carbocycles. The molecular weight excluding hydrogens is 309 g/mol. The molecule has 1 atom stereocenters. The Labute approximate surface area is 140 Å². The van der Waals surface area contributed by atoms with Crippen LogP contribution in [0.4, 0.5) is 4.39 Å². The van der Waals surface area contributed by atoms with Gasteiger partial charge in [0.25, 0.3) is 5.91 Å². The van der Waals surface area contributed by atoms with Gasteiger partial charge in [-0.2, -0.15) is 0 Å². The first-order chi connectivity index (χ1) is 11.6. The van der Waals surface area contributed by atoms with Crippen molar-refractivity contribution in [2.75, 3.05) is 19.7 Å². The molecule has 3 rings (SSSR count). The number of amides is 1. The maximum absolute atomic E-state index is 13.5. The number of nitrogens with zero attached hydrogens (tertiary/aromatic N) is 3. The molecule has 1 aliphatic heterocycles. The lowest BCUT2D eigenvalue weighted by Gasteiger charge is -2.16. The molecule has 1 aromatic carbocycles. The van der Waals surface area contributed by atoms with E-state index in [1.54, 1.807) is 29.3 Å². The van der Waals surface area contributed by atoms with E-state index in [-0.39, 0.29) is 17.5 Å². The fourth-order valence-corrected chi connectivity index (χ4v) is 2.82. The molecule has 1 unspecified atom stereocenters. The van der Waals surface area contributed by atoms with Crippen LogP contribution in [0.25, 0.3) is 0 Å². The van der Waals surface area contributed by atoms with E-state index in [0.29, 0.717) is 31.3 Å². The molecular formula is C18H20FN3O2. The summed E-state index contributed by atoms with van der Waals surface area (Å²) in [4.78, 5) is 22.4. The highest BCUT2D eigenvalue weighted by Gasteiger charge is 2.27. The average molecular weight is 329 g/mol. The summed E-state index contributed by atoms with van der Waals surface area (Å²) >= 11 is 0. The number of para-hydroxylation sites is 1. The molecule has 1 aromatic heterocycles. The van der Waals surface area contributed by atoms with Crippen molar-refractivity contribution in [2.45, 2.75) is 19.8 Å². The third kappa shape index (κ3) is 3.88. The summed E-state index contributed by atoms with van der Waals surface area (Å²) in [5.74, 6) is 0.205. The summed E-state index contributed by atoms with van der Waals surface area (Å²) in [6.45, 7) is 3.66.